The Labute approximate surface area is 183 Å². The molecule has 31 heavy (non-hydrogen) atoms. The fourth-order valence-electron chi connectivity index (χ4n) is 2.32. The van der Waals surface area contributed by atoms with E-state index in [0.29, 0.717) is 26.4 Å². The molecule has 3 rings (SSSR count). The van der Waals surface area contributed by atoms with E-state index in [2.05, 4.69) is 25.6 Å². The highest BCUT2D eigenvalue weighted by Crippen LogP contribution is 2.29. The second-order valence-corrected chi connectivity index (χ2v) is 8.24. The van der Waals surface area contributed by atoms with Crippen LogP contribution >= 0.6 is 23.1 Å². The van der Waals surface area contributed by atoms with Crippen LogP contribution in [0.15, 0.2) is 52.9 Å². The molecule has 0 radical (unpaired) electrons. The average molecular weight is 468 g/mol. The first-order valence-electron chi connectivity index (χ1n) is 8.68. The highest BCUT2D eigenvalue weighted by atomic mass is 32.2. The molecule has 162 valence electrons. The number of aromatic nitrogens is 2. The molecule has 3 aromatic rings. The molecule has 0 unspecified atom stereocenters. The number of Topliss-reactive ketones (excluding diaryl/α,β-unsaturated/α-hetero) is 1. The van der Waals surface area contributed by atoms with E-state index >= 15 is 0 Å². The third kappa shape index (κ3) is 7.26. The average Bonchev–Trinajstić information content (AvgIpc) is 3.14. The van der Waals surface area contributed by atoms with E-state index in [1.165, 1.54) is 54.3 Å². The SMILES string of the molecule is CC(=O)c1cccc(NC(=O)CSc2nnc(Nc3ccc(OC(F)(F)F)cc3)s2)c1. The standard InChI is InChI=1S/C19H15F3N4O3S2/c1-11(27)12-3-2-4-14(9-12)23-16(28)10-30-18-26-25-17(31-18)24-13-5-7-15(8-6-13)29-19(20,21)22/h2-9H,10H2,1H3,(H,23,28)(H,24,25). The number of anilines is 3. The zero-order chi connectivity index (χ0) is 22.4. The topological polar surface area (TPSA) is 93.2 Å². The van der Waals surface area contributed by atoms with E-state index in [4.69, 9.17) is 0 Å². The number of nitrogens with one attached hydrogen (secondary N) is 2. The number of hydrogen-bond donors (Lipinski definition) is 2. The summed E-state index contributed by atoms with van der Waals surface area (Å²) in [6.07, 6.45) is -4.75. The number of halogens is 3. The molecule has 0 fully saturated rings. The third-order valence-electron chi connectivity index (χ3n) is 3.63. The van der Waals surface area contributed by atoms with Crippen LogP contribution in [0.4, 0.5) is 29.7 Å². The largest absolute Gasteiger partial charge is 0.573 e. The van der Waals surface area contributed by atoms with Gasteiger partial charge in [-0.15, -0.1) is 23.4 Å². The molecule has 1 heterocycles. The second-order valence-electron chi connectivity index (χ2n) is 6.04. The van der Waals surface area contributed by atoms with Crippen molar-refractivity contribution in [1.82, 2.24) is 10.2 Å². The number of thioether (sulfide) groups is 1. The first-order chi connectivity index (χ1) is 14.7. The number of alkyl halides is 3. The summed E-state index contributed by atoms with van der Waals surface area (Å²) in [5, 5.41) is 14.0. The number of benzene rings is 2. The normalized spacial score (nSPS) is 11.1. The van der Waals surface area contributed by atoms with Gasteiger partial charge < -0.3 is 15.4 Å². The van der Waals surface area contributed by atoms with Crippen LogP contribution in [0.25, 0.3) is 0 Å². The van der Waals surface area contributed by atoms with Gasteiger partial charge in [0.1, 0.15) is 5.75 Å². The Morgan fingerprint density at radius 2 is 1.84 bits per heavy atom. The predicted molar refractivity (Wildman–Crippen MR) is 112 cm³/mol. The molecule has 2 N–H and O–H groups in total. The number of ketones is 1. The lowest BCUT2D eigenvalue weighted by Crippen LogP contribution is -2.16. The Morgan fingerprint density at radius 3 is 2.52 bits per heavy atom. The van der Waals surface area contributed by atoms with Crippen LogP contribution in [0.3, 0.4) is 0 Å². The number of carbonyl (C=O) groups excluding carboxylic acids is 2. The summed E-state index contributed by atoms with van der Waals surface area (Å²) in [6.45, 7) is 1.45. The van der Waals surface area contributed by atoms with Gasteiger partial charge in [0.15, 0.2) is 10.1 Å². The molecule has 0 saturated heterocycles. The number of ether oxygens (including phenoxy) is 1. The van der Waals surface area contributed by atoms with Crippen molar-refractivity contribution < 1.29 is 27.5 Å². The van der Waals surface area contributed by atoms with Crippen molar-refractivity contribution in [2.75, 3.05) is 16.4 Å². The minimum atomic E-state index is -4.75. The summed E-state index contributed by atoms with van der Waals surface area (Å²) in [7, 11) is 0. The van der Waals surface area contributed by atoms with Gasteiger partial charge in [-0.1, -0.05) is 35.2 Å². The van der Waals surface area contributed by atoms with Gasteiger partial charge in [0.2, 0.25) is 11.0 Å². The summed E-state index contributed by atoms with van der Waals surface area (Å²) in [6, 6.07) is 11.8. The van der Waals surface area contributed by atoms with Crippen molar-refractivity contribution in [3.05, 3.63) is 54.1 Å². The monoisotopic (exact) mass is 468 g/mol. The Kier molecular flexibility index (Phi) is 7.13. The van der Waals surface area contributed by atoms with Crippen LogP contribution in [0.1, 0.15) is 17.3 Å². The second kappa shape index (κ2) is 9.79. The lowest BCUT2D eigenvalue weighted by molar-refractivity contribution is -0.274. The van der Waals surface area contributed by atoms with Crippen molar-refractivity contribution in [3.63, 3.8) is 0 Å². The van der Waals surface area contributed by atoms with Crippen molar-refractivity contribution in [3.8, 4) is 5.75 Å². The Bertz CT molecular complexity index is 1070. The van der Waals surface area contributed by atoms with Gasteiger partial charge in [-0.05, 0) is 43.3 Å². The first-order valence-corrected chi connectivity index (χ1v) is 10.5. The number of nitrogens with zero attached hydrogens (tertiary/aromatic N) is 2. The fraction of sp³-hybridized carbons (Fsp3) is 0.158. The molecule has 0 spiro atoms. The number of carbonyl (C=O) groups is 2. The quantitative estimate of drug-likeness (QED) is 0.350. The van der Waals surface area contributed by atoms with E-state index in [9.17, 15) is 22.8 Å². The maximum absolute atomic E-state index is 12.2. The van der Waals surface area contributed by atoms with E-state index < -0.39 is 6.36 Å². The first kappa shape index (κ1) is 22.6. The van der Waals surface area contributed by atoms with E-state index in [0.717, 1.165) is 0 Å². The van der Waals surface area contributed by atoms with Crippen LogP contribution in [0.2, 0.25) is 0 Å². The molecular weight excluding hydrogens is 453 g/mol. The van der Waals surface area contributed by atoms with E-state index in [1.54, 1.807) is 24.3 Å². The van der Waals surface area contributed by atoms with Crippen LogP contribution in [0.5, 0.6) is 5.75 Å². The van der Waals surface area contributed by atoms with Crippen LogP contribution in [0, 0.1) is 0 Å². The lowest BCUT2D eigenvalue weighted by atomic mass is 10.1. The number of rotatable bonds is 8. The summed E-state index contributed by atoms with van der Waals surface area (Å²) >= 11 is 2.37. The molecule has 2 aromatic carbocycles. The van der Waals surface area contributed by atoms with Gasteiger partial charge in [0.25, 0.3) is 0 Å². The van der Waals surface area contributed by atoms with Crippen LogP contribution in [-0.4, -0.2) is 34.0 Å². The van der Waals surface area contributed by atoms with Gasteiger partial charge >= 0.3 is 6.36 Å². The van der Waals surface area contributed by atoms with Crippen molar-refractivity contribution >= 4 is 51.3 Å². The minimum absolute atomic E-state index is 0.0857. The van der Waals surface area contributed by atoms with Gasteiger partial charge in [0, 0.05) is 16.9 Å². The summed E-state index contributed by atoms with van der Waals surface area (Å²) in [5.41, 5.74) is 1.53. The maximum Gasteiger partial charge on any atom is 0.573 e. The minimum Gasteiger partial charge on any atom is -0.406 e. The van der Waals surface area contributed by atoms with Gasteiger partial charge in [-0.2, -0.15) is 0 Å². The summed E-state index contributed by atoms with van der Waals surface area (Å²) < 4.78 is 40.9. The zero-order valence-corrected chi connectivity index (χ0v) is 17.5. The van der Waals surface area contributed by atoms with Crippen LogP contribution in [-0.2, 0) is 4.79 Å². The molecule has 0 saturated carbocycles. The van der Waals surface area contributed by atoms with Crippen molar-refractivity contribution in [2.24, 2.45) is 0 Å². The van der Waals surface area contributed by atoms with Gasteiger partial charge in [-0.3, -0.25) is 9.59 Å². The van der Waals surface area contributed by atoms with Crippen LogP contribution < -0.4 is 15.4 Å². The van der Waals surface area contributed by atoms with Gasteiger partial charge in [0.05, 0.1) is 5.75 Å². The molecule has 0 aliphatic heterocycles. The molecule has 7 nitrogen and oxygen atoms in total. The molecule has 12 heteroatoms. The molecule has 0 atom stereocenters. The summed E-state index contributed by atoms with van der Waals surface area (Å²) in [5.74, 6) is -0.605. The van der Waals surface area contributed by atoms with Gasteiger partial charge in [-0.25, -0.2) is 0 Å². The number of hydrogen-bond acceptors (Lipinski definition) is 8. The smallest absolute Gasteiger partial charge is 0.406 e. The fourth-order valence-corrected chi connectivity index (χ4v) is 3.89. The maximum atomic E-state index is 12.2. The Balaban J connectivity index is 1.50. The van der Waals surface area contributed by atoms with Crippen molar-refractivity contribution in [2.45, 2.75) is 17.6 Å². The lowest BCUT2D eigenvalue weighted by Gasteiger charge is -2.09. The molecule has 0 aliphatic rings. The van der Waals surface area contributed by atoms with Crippen molar-refractivity contribution in [1.29, 1.82) is 0 Å². The molecular formula is C19H15F3N4O3S2. The third-order valence-corrected chi connectivity index (χ3v) is 5.60. The Morgan fingerprint density at radius 1 is 1.10 bits per heavy atom. The highest BCUT2D eigenvalue weighted by molar-refractivity contribution is 8.01. The highest BCUT2D eigenvalue weighted by Gasteiger charge is 2.30. The van der Waals surface area contributed by atoms with E-state index in [-0.39, 0.29) is 23.2 Å². The molecule has 0 aliphatic carbocycles. The zero-order valence-electron chi connectivity index (χ0n) is 15.9. The summed E-state index contributed by atoms with van der Waals surface area (Å²) in [4.78, 5) is 23.5. The molecule has 1 aromatic heterocycles. The molecule has 1 amide bonds. The Hall–Kier alpha value is -3.12. The molecule has 0 bridgehead atoms. The van der Waals surface area contributed by atoms with E-state index in [1.807, 2.05) is 0 Å². The predicted octanol–water partition coefficient (Wildman–Crippen LogP) is 5.11. The number of amides is 1.